The highest BCUT2D eigenvalue weighted by atomic mass is 35.5. The van der Waals surface area contributed by atoms with Crippen LogP contribution in [0, 0.1) is 0 Å². The minimum absolute atomic E-state index is 0.0597. The number of amides is 2. The zero-order valence-corrected chi connectivity index (χ0v) is 11.7. The Morgan fingerprint density at radius 3 is 2.50 bits per heavy atom. The Bertz CT molecular complexity index is 548. The van der Waals surface area contributed by atoms with Crippen molar-refractivity contribution in [1.29, 1.82) is 0 Å². The number of carboxylic acid groups (broad SMARTS) is 1. The first-order chi connectivity index (χ1) is 9.31. The summed E-state index contributed by atoms with van der Waals surface area (Å²) >= 11 is 11.6. The van der Waals surface area contributed by atoms with Crippen molar-refractivity contribution in [2.24, 2.45) is 5.73 Å². The molecular weight excluding hydrogens is 307 g/mol. The molecule has 0 bridgehead atoms. The number of carbonyl (C=O) groups is 3. The summed E-state index contributed by atoms with van der Waals surface area (Å²) in [7, 11) is 0. The van der Waals surface area contributed by atoms with Crippen LogP contribution in [0.25, 0.3) is 0 Å². The molecule has 0 saturated carbocycles. The number of nitrogens with two attached hydrogens (primary N) is 1. The van der Waals surface area contributed by atoms with E-state index in [4.69, 9.17) is 34.0 Å². The molecule has 0 fully saturated rings. The summed E-state index contributed by atoms with van der Waals surface area (Å²) in [5.74, 6) is -2.60. The summed E-state index contributed by atoms with van der Waals surface area (Å²) in [5.41, 5.74) is 5.00. The van der Waals surface area contributed by atoms with Crippen molar-refractivity contribution in [3.05, 3.63) is 33.8 Å². The normalized spacial score (nSPS) is 11.7. The zero-order valence-electron chi connectivity index (χ0n) is 10.2. The highest BCUT2D eigenvalue weighted by Gasteiger charge is 2.22. The quantitative estimate of drug-likeness (QED) is 0.737. The molecule has 1 aromatic rings. The van der Waals surface area contributed by atoms with Gasteiger partial charge >= 0.3 is 5.97 Å². The lowest BCUT2D eigenvalue weighted by Gasteiger charge is -2.14. The second kappa shape index (κ2) is 7.12. The minimum Gasteiger partial charge on any atom is -0.480 e. The molecule has 0 unspecified atom stereocenters. The minimum atomic E-state index is -1.27. The van der Waals surface area contributed by atoms with Crippen LogP contribution in [0.4, 0.5) is 0 Å². The molecule has 0 aliphatic carbocycles. The molecule has 1 rings (SSSR count). The second-order valence-corrected chi connectivity index (χ2v) is 4.84. The largest absolute Gasteiger partial charge is 0.480 e. The van der Waals surface area contributed by atoms with E-state index in [1.165, 1.54) is 18.2 Å². The van der Waals surface area contributed by atoms with Gasteiger partial charge in [0.1, 0.15) is 6.04 Å². The summed E-state index contributed by atoms with van der Waals surface area (Å²) in [6.45, 7) is 0. The number of aliphatic carboxylic acids is 1. The molecule has 1 atom stereocenters. The van der Waals surface area contributed by atoms with Gasteiger partial charge in [-0.2, -0.15) is 0 Å². The van der Waals surface area contributed by atoms with Gasteiger partial charge in [-0.3, -0.25) is 9.59 Å². The summed E-state index contributed by atoms with van der Waals surface area (Å²) < 4.78 is 0. The van der Waals surface area contributed by atoms with Crippen molar-refractivity contribution >= 4 is 41.0 Å². The maximum absolute atomic E-state index is 11.9. The lowest BCUT2D eigenvalue weighted by Crippen LogP contribution is -2.41. The molecule has 2 amide bonds. The maximum atomic E-state index is 11.9. The average molecular weight is 319 g/mol. The first kappa shape index (κ1) is 16.3. The fourth-order valence-corrected chi connectivity index (χ4v) is 1.83. The van der Waals surface area contributed by atoms with Crippen LogP contribution in [0.2, 0.25) is 10.0 Å². The van der Waals surface area contributed by atoms with Crippen molar-refractivity contribution in [2.75, 3.05) is 0 Å². The van der Waals surface area contributed by atoms with Crippen LogP contribution in [0.1, 0.15) is 23.2 Å². The predicted octanol–water partition coefficient (Wildman–Crippen LogP) is 1.44. The predicted molar refractivity (Wildman–Crippen MR) is 73.8 cm³/mol. The third-order valence-electron chi connectivity index (χ3n) is 2.46. The van der Waals surface area contributed by atoms with Crippen LogP contribution in [0.3, 0.4) is 0 Å². The molecule has 108 valence electrons. The van der Waals surface area contributed by atoms with E-state index in [0.29, 0.717) is 5.02 Å². The van der Waals surface area contributed by atoms with Gasteiger partial charge in [0.25, 0.3) is 5.91 Å². The van der Waals surface area contributed by atoms with Crippen molar-refractivity contribution in [1.82, 2.24) is 5.32 Å². The average Bonchev–Trinajstić information content (AvgIpc) is 2.36. The van der Waals surface area contributed by atoms with Crippen LogP contribution in [0.15, 0.2) is 18.2 Å². The number of carboxylic acids is 1. The molecule has 0 aromatic heterocycles. The van der Waals surface area contributed by atoms with E-state index in [9.17, 15) is 14.4 Å². The van der Waals surface area contributed by atoms with Crippen molar-refractivity contribution in [2.45, 2.75) is 18.9 Å². The van der Waals surface area contributed by atoms with Gasteiger partial charge in [0.05, 0.1) is 10.6 Å². The van der Waals surface area contributed by atoms with Crippen molar-refractivity contribution < 1.29 is 19.5 Å². The monoisotopic (exact) mass is 318 g/mol. The Balaban J connectivity index is 2.82. The first-order valence-corrected chi connectivity index (χ1v) is 6.34. The maximum Gasteiger partial charge on any atom is 0.326 e. The van der Waals surface area contributed by atoms with E-state index in [0.717, 1.165) is 0 Å². The molecule has 0 spiro atoms. The molecule has 0 heterocycles. The molecule has 0 aliphatic rings. The van der Waals surface area contributed by atoms with Gasteiger partial charge in [0.2, 0.25) is 5.91 Å². The fourth-order valence-electron chi connectivity index (χ4n) is 1.45. The molecule has 1 aromatic carbocycles. The molecule has 20 heavy (non-hydrogen) atoms. The third kappa shape index (κ3) is 4.71. The highest BCUT2D eigenvalue weighted by molar-refractivity contribution is 6.35. The Kier molecular flexibility index (Phi) is 5.79. The summed E-state index contributed by atoms with van der Waals surface area (Å²) in [5, 5.41) is 11.7. The summed E-state index contributed by atoms with van der Waals surface area (Å²) in [4.78, 5) is 33.6. The molecule has 0 aliphatic heterocycles. The van der Waals surface area contributed by atoms with E-state index in [-0.39, 0.29) is 23.4 Å². The van der Waals surface area contributed by atoms with Gasteiger partial charge in [0.15, 0.2) is 0 Å². The standard InChI is InChI=1S/C12H12Cl2N2O4/c13-6-1-2-8(14)7(5-6)11(18)16-9(12(19)20)3-4-10(15)17/h1-2,5,9H,3-4H2,(H2,15,17)(H,16,18)(H,19,20)/t9-/m0/s1. The van der Waals surface area contributed by atoms with Gasteiger partial charge in [0, 0.05) is 11.4 Å². The number of primary amides is 1. The number of halogens is 2. The topological polar surface area (TPSA) is 109 Å². The lowest BCUT2D eigenvalue weighted by molar-refractivity contribution is -0.139. The Labute approximate surface area is 124 Å². The van der Waals surface area contributed by atoms with Gasteiger partial charge in [-0.15, -0.1) is 0 Å². The molecule has 0 saturated heterocycles. The van der Waals surface area contributed by atoms with Gasteiger partial charge in [-0.1, -0.05) is 23.2 Å². The van der Waals surface area contributed by atoms with E-state index in [1.807, 2.05) is 0 Å². The SMILES string of the molecule is NC(=O)CC[C@H](NC(=O)c1cc(Cl)ccc1Cl)C(=O)O. The van der Waals surface area contributed by atoms with Crippen LogP contribution < -0.4 is 11.1 Å². The molecule has 6 nitrogen and oxygen atoms in total. The summed E-state index contributed by atoms with van der Waals surface area (Å²) in [6, 6.07) is 3.03. The van der Waals surface area contributed by atoms with Gasteiger partial charge in [-0.25, -0.2) is 4.79 Å². The lowest BCUT2D eigenvalue weighted by atomic mass is 10.1. The zero-order chi connectivity index (χ0) is 15.3. The molecule has 0 radical (unpaired) electrons. The molecule has 4 N–H and O–H groups in total. The second-order valence-electron chi connectivity index (χ2n) is 3.99. The number of nitrogens with one attached hydrogen (secondary N) is 1. The van der Waals surface area contributed by atoms with Crippen LogP contribution in [-0.4, -0.2) is 28.9 Å². The van der Waals surface area contributed by atoms with E-state index < -0.39 is 23.8 Å². The highest BCUT2D eigenvalue weighted by Crippen LogP contribution is 2.20. The van der Waals surface area contributed by atoms with Crippen molar-refractivity contribution in [3.8, 4) is 0 Å². The van der Waals surface area contributed by atoms with Crippen LogP contribution in [-0.2, 0) is 9.59 Å². The van der Waals surface area contributed by atoms with Crippen LogP contribution >= 0.6 is 23.2 Å². The van der Waals surface area contributed by atoms with Crippen LogP contribution in [0.5, 0.6) is 0 Å². The van der Waals surface area contributed by atoms with E-state index >= 15 is 0 Å². The number of rotatable bonds is 6. The summed E-state index contributed by atoms with van der Waals surface area (Å²) in [6.07, 6.45) is -0.255. The smallest absolute Gasteiger partial charge is 0.326 e. The van der Waals surface area contributed by atoms with Gasteiger partial charge < -0.3 is 16.2 Å². The Hall–Kier alpha value is -1.79. The fraction of sp³-hybridized carbons (Fsp3) is 0.250. The Morgan fingerprint density at radius 2 is 1.95 bits per heavy atom. The first-order valence-electron chi connectivity index (χ1n) is 5.58. The third-order valence-corrected chi connectivity index (χ3v) is 3.02. The number of hydrogen-bond acceptors (Lipinski definition) is 3. The van der Waals surface area contributed by atoms with E-state index in [1.54, 1.807) is 0 Å². The number of carbonyl (C=O) groups excluding carboxylic acids is 2. The number of hydrogen-bond donors (Lipinski definition) is 3. The van der Waals surface area contributed by atoms with Crippen molar-refractivity contribution in [3.63, 3.8) is 0 Å². The Morgan fingerprint density at radius 1 is 1.30 bits per heavy atom. The van der Waals surface area contributed by atoms with Gasteiger partial charge in [-0.05, 0) is 24.6 Å². The number of benzene rings is 1. The molecular formula is C12H12Cl2N2O4. The van der Waals surface area contributed by atoms with E-state index in [2.05, 4.69) is 5.32 Å². The molecule has 8 heteroatoms.